The van der Waals surface area contributed by atoms with Crippen molar-refractivity contribution in [2.75, 3.05) is 13.2 Å². The van der Waals surface area contributed by atoms with Crippen LogP contribution in [0.5, 0.6) is 5.75 Å². The lowest BCUT2D eigenvalue weighted by Crippen LogP contribution is -2.41. The summed E-state index contributed by atoms with van der Waals surface area (Å²) in [4.78, 5) is 4.45. The molecule has 0 unspecified atom stereocenters. The van der Waals surface area contributed by atoms with Gasteiger partial charge in [0, 0.05) is 19.3 Å². The van der Waals surface area contributed by atoms with E-state index in [0.717, 1.165) is 23.6 Å². The normalized spacial score (nSPS) is 20.4. The van der Waals surface area contributed by atoms with Crippen LogP contribution >= 0.6 is 0 Å². The Kier molecular flexibility index (Phi) is 4.42. The Morgan fingerprint density at radius 2 is 2.20 bits per heavy atom. The van der Waals surface area contributed by atoms with Gasteiger partial charge in [-0.1, -0.05) is 6.07 Å². The van der Waals surface area contributed by atoms with E-state index in [1.807, 2.05) is 23.1 Å². The van der Waals surface area contributed by atoms with Crippen molar-refractivity contribution in [2.45, 2.75) is 39.1 Å². The molecule has 1 N–H and O–H groups in total. The van der Waals surface area contributed by atoms with Crippen LogP contribution in [0.1, 0.15) is 18.2 Å². The minimum atomic E-state index is -0.0181. The largest absolute Gasteiger partial charge is 0.483 e. The van der Waals surface area contributed by atoms with E-state index in [1.165, 1.54) is 5.56 Å². The summed E-state index contributed by atoms with van der Waals surface area (Å²) >= 11 is 0. The number of fused-ring (bicyclic) bond motifs is 1. The molecular weight excluding hydrogens is 318 g/mol. The maximum atomic E-state index is 6.05. The van der Waals surface area contributed by atoms with Gasteiger partial charge in [-0.05, 0) is 25.5 Å². The quantitative estimate of drug-likeness (QED) is 0.740. The van der Waals surface area contributed by atoms with E-state index in [-0.39, 0.29) is 12.1 Å². The zero-order valence-corrected chi connectivity index (χ0v) is 14.6. The highest BCUT2D eigenvalue weighted by atomic mass is 16.5. The molecule has 4 heterocycles. The van der Waals surface area contributed by atoms with E-state index in [2.05, 4.69) is 45.9 Å². The van der Waals surface area contributed by atoms with Crippen molar-refractivity contribution in [3.05, 3.63) is 48.2 Å². The van der Waals surface area contributed by atoms with Gasteiger partial charge in [0.05, 0.1) is 43.5 Å². The Hall–Kier alpha value is -2.38. The lowest BCUT2D eigenvalue weighted by molar-refractivity contribution is 0.139. The van der Waals surface area contributed by atoms with Crippen molar-refractivity contribution in [2.24, 2.45) is 0 Å². The SMILES string of the molecule is CCn1cc(O[C@@H]2COC[C@@H]2NCc2cnc3ccc(C)cn23)cn1. The molecule has 0 bridgehead atoms. The smallest absolute Gasteiger partial charge is 0.157 e. The van der Waals surface area contributed by atoms with Crippen molar-refractivity contribution in [1.82, 2.24) is 24.5 Å². The molecule has 132 valence electrons. The van der Waals surface area contributed by atoms with Crippen LogP contribution in [-0.4, -0.2) is 44.5 Å². The molecule has 2 atom stereocenters. The number of hydrogen-bond acceptors (Lipinski definition) is 5. The third kappa shape index (κ3) is 3.38. The summed E-state index contributed by atoms with van der Waals surface area (Å²) in [6, 6.07) is 4.25. The van der Waals surface area contributed by atoms with Crippen LogP contribution in [-0.2, 0) is 17.8 Å². The average molecular weight is 341 g/mol. The molecule has 3 aromatic rings. The fraction of sp³-hybridized carbons (Fsp3) is 0.444. The molecule has 0 spiro atoms. The first kappa shape index (κ1) is 16.1. The molecule has 0 radical (unpaired) electrons. The molecule has 7 heteroatoms. The molecule has 3 aromatic heterocycles. The average Bonchev–Trinajstić information content (AvgIpc) is 3.33. The van der Waals surface area contributed by atoms with E-state index in [4.69, 9.17) is 9.47 Å². The predicted octanol–water partition coefficient (Wildman–Crippen LogP) is 1.80. The fourth-order valence-electron chi connectivity index (χ4n) is 3.10. The summed E-state index contributed by atoms with van der Waals surface area (Å²) in [5, 5.41) is 7.80. The van der Waals surface area contributed by atoms with Gasteiger partial charge in [-0.3, -0.25) is 4.68 Å². The number of rotatable bonds is 6. The molecule has 0 aliphatic carbocycles. The van der Waals surface area contributed by atoms with E-state index >= 15 is 0 Å². The Balaban J connectivity index is 1.41. The van der Waals surface area contributed by atoms with Crippen LogP contribution < -0.4 is 10.1 Å². The molecule has 4 rings (SSSR count). The highest BCUT2D eigenvalue weighted by Gasteiger charge is 2.30. The molecule has 0 saturated carbocycles. The second-order valence-electron chi connectivity index (χ2n) is 6.40. The second-order valence-corrected chi connectivity index (χ2v) is 6.40. The monoisotopic (exact) mass is 341 g/mol. The van der Waals surface area contributed by atoms with Crippen molar-refractivity contribution in [3.63, 3.8) is 0 Å². The number of aryl methyl sites for hydroxylation is 2. The van der Waals surface area contributed by atoms with Gasteiger partial charge < -0.3 is 19.2 Å². The zero-order valence-electron chi connectivity index (χ0n) is 14.6. The van der Waals surface area contributed by atoms with Gasteiger partial charge >= 0.3 is 0 Å². The molecule has 1 aliphatic heterocycles. The van der Waals surface area contributed by atoms with Crippen LogP contribution in [0.25, 0.3) is 5.65 Å². The zero-order chi connectivity index (χ0) is 17.2. The standard InChI is InChI=1S/C18H23N5O2/c1-3-22-10-15(8-21-22)25-17-12-24-11-16(17)19-6-14-7-20-18-5-4-13(2)9-23(14)18/h4-5,7-10,16-17,19H,3,6,11-12H2,1-2H3/t16-,17+/m0/s1. The number of nitrogens with zero attached hydrogens (tertiary/aromatic N) is 4. The van der Waals surface area contributed by atoms with Gasteiger partial charge in [-0.15, -0.1) is 0 Å². The van der Waals surface area contributed by atoms with Crippen LogP contribution in [0.15, 0.2) is 36.9 Å². The summed E-state index contributed by atoms with van der Waals surface area (Å²) in [5.74, 6) is 0.787. The maximum Gasteiger partial charge on any atom is 0.157 e. The van der Waals surface area contributed by atoms with Gasteiger partial charge in [0.1, 0.15) is 11.8 Å². The van der Waals surface area contributed by atoms with E-state index in [1.54, 1.807) is 6.20 Å². The summed E-state index contributed by atoms with van der Waals surface area (Å²) in [5.41, 5.74) is 3.30. The number of ether oxygens (including phenoxy) is 2. The number of pyridine rings is 1. The van der Waals surface area contributed by atoms with Gasteiger partial charge in [0.15, 0.2) is 5.75 Å². The van der Waals surface area contributed by atoms with Crippen molar-refractivity contribution >= 4 is 5.65 Å². The van der Waals surface area contributed by atoms with Crippen LogP contribution in [0.4, 0.5) is 0 Å². The topological polar surface area (TPSA) is 65.6 Å². The number of nitrogens with one attached hydrogen (secondary N) is 1. The third-order valence-electron chi connectivity index (χ3n) is 4.52. The molecule has 1 fully saturated rings. The molecule has 0 aromatic carbocycles. The number of aromatic nitrogens is 4. The van der Waals surface area contributed by atoms with Gasteiger partial charge in [-0.2, -0.15) is 5.10 Å². The number of hydrogen-bond donors (Lipinski definition) is 1. The van der Waals surface area contributed by atoms with Crippen molar-refractivity contribution in [1.29, 1.82) is 0 Å². The van der Waals surface area contributed by atoms with E-state index in [9.17, 15) is 0 Å². The highest BCUT2D eigenvalue weighted by Crippen LogP contribution is 2.17. The van der Waals surface area contributed by atoms with Crippen molar-refractivity contribution in [3.8, 4) is 5.75 Å². The molecule has 25 heavy (non-hydrogen) atoms. The Labute approximate surface area is 146 Å². The first-order valence-corrected chi connectivity index (χ1v) is 8.66. The minimum Gasteiger partial charge on any atom is -0.483 e. The van der Waals surface area contributed by atoms with Crippen LogP contribution in [0.3, 0.4) is 0 Å². The third-order valence-corrected chi connectivity index (χ3v) is 4.52. The van der Waals surface area contributed by atoms with Gasteiger partial charge in [0.25, 0.3) is 0 Å². The van der Waals surface area contributed by atoms with Gasteiger partial charge in [0.2, 0.25) is 0 Å². The first-order chi connectivity index (χ1) is 12.2. The summed E-state index contributed by atoms with van der Waals surface area (Å²) in [6.07, 6.45) is 7.68. The lowest BCUT2D eigenvalue weighted by Gasteiger charge is -2.19. The Morgan fingerprint density at radius 3 is 3.04 bits per heavy atom. The molecule has 1 aliphatic rings. The highest BCUT2D eigenvalue weighted by molar-refractivity contribution is 5.41. The van der Waals surface area contributed by atoms with Crippen LogP contribution in [0.2, 0.25) is 0 Å². The van der Waals surface area contributed by atoms with Crippen molar-refractivity contribution < 1.29 is 9.47 Å². The molecule has 1 saturated heterocycles. The maximum absolute atomic E-state index is 6.05. The minimum absolute atomic E-state index is 0.0181. The summed E-state index contributed by atoms with van der Waals surface area (Å²) < 4.78 is 15.6. The Morgan fingerprint density at radius 1 is 1.28 bits per heavy atom. The number of imidazole rings is 1. The first-order valence-electron chi connectivity index (χ1n) is 8.66. The van der Waals surface area contributed by atoms with Crippen LogP contribution in [0, 0.1) is 6.92 Å². The summed E-state index contributed by atoms with van der Waals surface area (Å²) in [6.45, 7) is 6.91. The van der Waals surface area contributed by atoms with E-state index < -0.39 is 0 Å². The fourth-order valence-corrected chi connectivity index (χ4v) is 3.10. The summed E-state index contributed by atoms with van der Waals surface area (Å²) in [7, 11) is 0. The molecule has 0 amide bonds. The lowest BCUT2D eigenvalue weighted by atomic mass is 10.2. The molecular formula is C18H23N5O2. The Bertz CT molecular complexity index is 856. The van der Waals surface area contributed by atoms with Gasteiger partial charge in [-0.25, -0.2) is 4.98 Å². The van der Waals surface area contributed by atoms with E-state index in [0.29, 0.717) is 19.8 Å². The second kappa shape index (κ2) is 6.85. The predicted molar refractivity (Wildman–Crippen MR) is 93.7 cm³/mol. The molecule has 7 nitrogen and oxygen atoms in total.